The molecule has 242 valence electrons. The number of nitrogens with one attached hydrogen (secondary N) is 1. The summed E-state index contributed by atoms with van der Waals surface area (Å²) in [5.74, 6) is 1.31. The van der Waals surface area contributed by atoms with Crippen LogP contribution in [0.4, 0.5) is 23.7 Å². The van der Waals surface area contributed by atoms with Crippen molar-refractivity contribution in [3.63, 3.8) is 0 Å². The van der Waals surface area contributed by atoms with Gasteiger partial charge in [-0.05, 0) is 79.1 Å². The number of aryl methyl sites for hydroxylation is 2. The maximum atomic E-state index is 12.9. The van der Waals surface area contributed by atoms with Gasteiger partial charge in [-0.2, -0.15) is 4.99 Å². The smallest absolute Gasteiger partial charge is 0.406 e. The molecule has 1 atom stereocenters. The number of alkyl halides is 3. The number of urea groups is 1. The Kier molecular flexibility index (Phi) is 10.7. The Labute approximate surface area is 271 Å². The maximum Gasteiger partial charge on any atom is 0.573 e. The summed E-state index contributed by atoms with van der Waals surface area (Å²) in [6, 6.07) is 19.5. The number of thioether (sulfide) groups is 1. The minimum absolute atomic E-state index is 0.180. The number of amidine groups is 1. The molecule has 8 nitrogen and oxygen atoms in total. The number of carbonyl (C=O) groups excluding carboxylic acids is 1. The first-order chi connectivity index (χ1) is 22.1. The zero-order valence-electron chi connectivity index (χ0n) is 26.1. The van der Waals surface area contributed by atoms with Gasteiger partial charge in [0.25, 0.3) is 0 Å². The van der Waals surface area contributed by atoms with Gasteiger partial charge >= 0.3 is 12.4 Å². The van der Waals surface area contributed by atoms with E-state index in [0.717, 1.165) is 60.0 Å². The number of anilines is 1. The van der Waals surface area contributed by atoms with Crippen LogP contribution in [0, 0.1) is 12.8 Å². The van der Waals surface area contributed by atoms with Crippen molar-refractivity contribution in [3.8, 4) is 22.8 Å². The monoisotopic (exact) mass is 650 g/mol. The molecule has 0 bridgehead atoms. The molecule has 2 heterocycles. The Balaban J connectivity index is 1.15. The van der Waals surface area contributed by atoms with Gasteiger partial charge in [0, 0.05) is 30.1 Å². The van der Waals surface area contributed by atoms with Gasteiger partial charge in [-0.3, -0.25) is 0 Å². The van der Waals surface area contributed by atoms with Crippen molar-refractivity contribution >= 4 is 28.6 Å². The third-order valence-electron chi connectivity index (χ3n) is 7.46. The van der Waals surface area contributed by atoms with Gasteiger partial charge in [-0.25, -0.2) is 14.5 Å². The van der Waals surface area contributed by atoms with E-state index in [2.05, 4.69) is 69.0 Å². The molecule has 46 heavy (non-hydrogen) atoms. The summed E-state index contributed by atoms with van der Waals surface area (Å²) < 4.78 is 42.7. The van der Waals surface area contributed by atoms with Crippen LogP contribution in [0.1, 0.15) is 43.4 Å². The first-order valence-corrected chi connectivity index (χ1v) is 16.3. The molecule has 2 amide bonds. The van der Waals surface area contributed by atoms with Crippen LogP contribution in [0.25, 0.3) is 17.1 Å². The molecule has 0 radical (unpaired) electrons. The quantitative estimate of drug-likeness (QED) is 0.187. The lowest BCUT2D eigenvalue weighted by molar-refractivity contribution is -0.274. The largest absolute Gasteiger partial charge is 0.573 e. The number of ether oxygens (including phenoxy) is 1. The predicted molar refractivity (Wildman–Crippen MR) is 177 cm³/mol. The fourth-order valence-corrected chi connectivity index (χ4v) is 6.20. The van der Waals surface area contributed by atoms with E-state index in [1.807, 2.05) is 24.3 Å². The van der Waals surface area contributed by atoms with Crippen molar-refractivity contribution in [2.75, 3.05) is 23.7 Å². The molecular weight excluding hydrogens is 613 g/mol. The average Bonchev–Trinajstić information content (AvgIpc) is 3.52. The van der Waals surface area contributed by atoms with E-state index in [0.29, 0.717) is 18.1 Å². The lowest BCUT2D eigenvalue weighted by Gasteiger charge is -2.31. The van der Waals surface area contributed by atoms with Gasteiger partial charge < -0.3 is 15.0 Å². The number of nitrogens with zero attached hydrogens (tertiary/aromatic N) is 5. The highest BCUT2D eigenvalue weighted by atomic mass is 32.2. The van der Waals surface area contributed by atoms with E-state index in [4.69, 9.17) is 0 Å². The van der Waals surface area contributed by atoms with Crippen molar-refractivity contribution in [2.45, 2.75) is 52.8 Å². The zero-order valence-corrected chi connectivity index (χ0v) is 26.9. The van der Waals surface area contributed by atoms with Gasteiger partial charge in [-0.15, -0.1) is 18.3 Å². The first-order valence-electron chi connectivity index (χ1n) is 15.3. The van der Waals surface area contributed by atoms with Crippen molar-refractivity contribution in [1.82, 2.24) is 20.1 Å². The maximum absolute atomic E-state index is 12.9. The normalized spacial score (nSPS) is 15.2. The Morgan fingerprint density at radius 1 is 1.11 bits per heavy atom. The molecule has 4 aromatic rings. The Bertz CT molecular complexity index is 1650. The SMILES string of the molecule is CCCc1ccc(C)cc1N1CCCS/C1=N\C(=O)NCC(C)Cc1ccc(-c2ncn(-c3ccc(OC(F)(F)F)cc3)n2)cc1. The van der Waals surface area contributed by atoms with Crippen molar-refractivity contribution in [2.24, 2.45) is 10.9 Å². The number of halogens is 3. The summed E-state index contributed by atoms with van der Waals surface area (Å²) in [5.41, 5.74) is 6.08. The molecule has 1 fully saturated rings. The van der Waals surface area contributed by atoms with Crippen LogP contribution in [0.5, 0.6) is 5.75 Å². The minimum atomic E-state index is -4.74. The molecule has 0 saturated carbocycles. The molecule has 1 aliphatic heterocycles. The summed E-state index contributed by atoms with van der Waals surface area (Å²) in [7, 11) is 0. The van der Waals surface area contributed by atoms with Gasteiger partial charge in [0.2, 0.25) is 0 Å². The van der Waals surface area contributed by atoms with E-state index in [9.17, 15) is 18.0 Å². The lowest BCUT2D eigenvalue weighted by atomic mass is 10.00. The van der Waals surface area contributed by atoms with Crippen molar-refractivity contribution in [3.05, 3.63) is 89.7 Å². The van der Waals surface area contributed by atoms with Gasteiger partial charge in [0.1, 0.15) is 12.1 Å². The molecule has 1 saturated heterocycles. The molecule has 5 rings (SSSR count). The number of aromatic nitrogens is 3. The molecule has 1 aromatic heterocycles. The van der Waals surface area contributed by atoms with Gasteiger partial charge in [0.15, 0.2) is 11.0 Å². The van der Waals surface area contributed by atoms with Crippen molar-refractivity contribution in [1.29, 1.82) is 0 Å². The zero-order chi connectivity index (χ0) is 32.7. The highest BCUT2D eigenvalue weighted by molar-refractivity contribution is 8.14. The Morgan fingerprint density at radius 2 is 1.87 bits per heavy atom. The van der Waals surface area contributed by atoms with E-state index in [-0.39, 0.29) is 17.7 Å². The number of aliphatic imine (C=N–C) groups is 1. The number of hydrogen-bond donors (Lipinski definition) is 1. The summed E-state index contributed by atoms with van der Waals surface area (Å²) in [5, 5.41) is 8.20. The second-order valence-corrected chi connectivity index (χ2v) is 12.4. The summed E-state index contributed by atoms with van der Waals surface area (Å²) >= 11 is 1.63. The Hall–Kier alpha value is -4.32. The van der Waals surface area contributed by atoms with Gasteiger partial charge in [-0.1, -0.05) is 68.4 Å². The summed E-state index contributed by atoms with van der Waals surface area (Å²) in [4.78, 5) is 23.9. The second-order valence-electron chi connectivity index (χ2n) is 11.4. The van der Waals surface area contributed by atoms with Crippen LogP contribution in [-0.4, -0.2) is 51.2 Å². The van der Waals surface area contributed by atoms with Crippen LogP contribution in [0.15, 0.2) is 78.0 Å². The van der Waals surface area contributed by atoms with E-state index >= 15 is 0 Å². The fraction of sp³-hybridized carbons (Fsp3) is 0.353. The molecule has 0 spiro atoms. The molecule has 0 aliphatic carbocycles. The topological polar surface area (TPSA) is 84.6 Å². The van der Waals surface area contributed by atoms with Crippen LogP contribution < -0.4 is 15.0 Å². The summed E-state index contributed by atoms with van der Waals surface area (Å²) in [6.07, 6.45) is 0.595. The molecule has 1 unspecified atom stereocenters. The number of amides is 2. The van der Waals surface area contributed by atoms with E-state index in [1.165, 1.54) is 46.4 Å². The minimum Gasteiger partial charge on any atom is -0.406 e. The first kappa shape index (κ1) is 33.1. The molecule has 12 heteroatoms. The molecule has 1 aliphatic rings. The van der Waals surface area contributed by atoms with E-state index in [1.54, 1.807) is 11.8 Å². The third kappa shape index (κ3) is 8.90. The standard InChI is InChI=1S/C34H37F3N6O2S/c1-4-6-26-10-7-23(2)20-30(26)42-17-5-18-46-33(42)40-32(44)38-21-24(3)19-25-8-11-27(12-9-25)31-39-22-43(41-31)28-13-15-29(16-14-28)45-34(35,36)37/h7-16,20,22,24H,4-6,17-19,21H2,1-3H3,(H,38,44)/b40-33-. The predicted octanol–water partition coefficient (Wildman–Crippen LogP) is 7.98. The number of carbonyl (C=O) groups is 1. The molecular formula is C34H37F3N6O2S. The molecule has 1 N–H and O–H groups in total. The van der Waals surface area contributed by atoms with Crippen LogP contribution in [0.2, 0.25) is 0 Å². The van der Waals surface area contributed by atoms with Crippen LogP contribution >= 0.6 is 11.8 Å². The second kappa shape index (κ2) is 14.8. The molecule has 3 aromatic carbocycles. The Morgan fingerprint density at radius 3 is 2.59 bits per heavy atom. The van der Waals surface area contributed by atoms with Crippen molar-refractivity contribution < 1.29 is 22.7 Å². The highest BCUT2D eigenvalue weighted by Gasteiger charge is 2.31. The average molecular weight is 651 g/mol. The third-order valence-corrected chi connectivity index (χ3v) is 8.52. The van der Waals surface area contributed by atoms with Crippen LogP contribution in [-0.2, 0) is 12.8 Å². The summed E-state index contributed by atoms with van der Waals surface area (Å²) in [6.45, 7) is 7.68. The number of hydrogen-bond acceptors (Lipinski definition) is 5. The van der Waals surface area contributed by atoms with Crippen LogP contribution in [0.3, 0.4) is 0 Å². The number of rotatable bonds is 10. The lowest BCUT2D eigenvalue weighted by Crippen LogP contribution is -2.37. The van der Waals surface area contributed by atoms with Gasteiger partial charge in [0.05, 0.1) is 5.69 Å². The highest BCUT2D eigenvalue weighted by Crippen LogP contribution is 2.30. The fourth-order valence-electron chi connectivity index (χ4n) is 5.25. The van der Waals surface area contributed by atoms with E-state index < -0.39 is 6.36 Å². The number of benzene rings is 3.